The van der Waals surface area contributed by atoms with E-state index in [2.05, 4.69) is 9.97 Å². The van der Waals surface area contributed by atoms with Crippen LogP contribution in [-0.2, 0) is 17.9 Å². The molecule has 0 saturated carbocycles. The maximum absolute atomic E-state index is 12.4. The van der Waals surface area contributed by atoms with Gasteiger partial charge in [-0.3, -0.25) is 24.3 Å². The topological polar surface area (TPSA) is 111 Å². The first-order valence-corrected chi connectivity index (χ1v) is 8.16. The summed E-state index contributed by atoms with van der Waals surface area (Å²) in [5.41, 5.74) is 0.862. The van der Waals surface area contributed by atoms with Crippen molar-refractivity contribution in [3.63, 3.8) is 0 Å². The number of amides is 1. The molecule has 9 heteroatoms. The molecule has 0 spiro atoms. The second-order valence-corrected chi connectivity index (χ2v) is 6.10. The number of aromatic nitrogens is 3. The van der Waals surface area contributed by atoms with E-state index in [-0.39, 0.29) is 24.7 Å². The third-order valence-electron chi connectivity index (χ3n) is 4.13. The van der Waals surface area contributed by atoms with E-state index in [4.69, 9.17) is 0 Å². The van der Waals surface area contributed by atoms with Crippen molar-refractivity contribution in [2.24, 2.45) is 0 Å². The molecule has 1 amide bonds. The zero-order valence-corrected chi connectivity index (χ0v) is 14.8. The molecule has 2 heterocycles. The molecule has 0 aliphatic heterocycles. The highest BCUT2D eigenvalue weighted by atomic mass is 16.6. The SMILES string of the molecule is Cc1nc(CN(C)C(=O)Cn2cc([N+](=O)[O-])ccc2=O)nc2ccccc12. The first-order valence-electron chi connectivity index (χ1n) is 8.16. The number of nitro groups is 1. The summed E-state index contributed by atoms with van der Waals surface area (Å²) in [4.78, 5) is 44.8. The second-order valence-electron chi connectivity index (χ2n) is 6.10. The Bertz CT molecular complexity index is 1090. The summed E-state index contributed by atoms with van der Waals surface area (Å²) < 4.78 is 1.02. The Morgan fingerprint density at radius 2 is 1.96 bits per heavy atom. The number of benzene rings is 1. The largest absolute Gasteiger partial charge is 0.337 e. The normalized spacial score (nSPS) is 10.7. The van der Waals surface area contributed by atoms with Gasteiger partial charge < -0.3 is 4.90 Å². The Morgan fingerprint density at radius 1 is 1.22 bits per heavy atom. The first-order chi connectivity index (χ1) is 12.8. The van der Waals surface area contributed by atoms with Crippen molar-refractivity contribution in [2.45, 2.75) is 20.0 Å². The quantitative estimate of drug-likeness (QED) is 0.501. The van der Waals surface area contributed by atoms with Crippen molar-refractivity contribution >= 4 is 22.5 Å². The zero-order chi connectivity index (χ0) is 19.6. The van der Waals surface area contributed by atoms with Crippen LogP contribution in [0.15, 0.2) is 47.4 Å². The van der Waals surface area contributed by atoms with Crippen LogP contribution in [0.5, 0.6) is 0 Å². The molecule has 0 saturated heterocycles. The Balaban J connectivity index is 1.78. The van der Waals surface area contributed by atoms with Gasteiger partial charge in [-0.15, -0.1) is 0 Å². The zero-order valence-electron chi connectivity index (χ0n) is 14.8. The van der Waals surface area contributed by atoms with Gasteiger partial charge in [0.05, 0.1) is 23.2 Å². The standard InChI is InChI=1S/C18H17N5O4/c1-12-14-5-3-4-6-15(14)20-16(19-12)10-21(2)18(25)11-22-9-13(23(26)27)7-8-17(22)24/h3-9H,10-11H2,1-2H3. The maximum atomic E-state index is 12.4. The molecule has 0 N–H and O–H groups in total. The molecule has 1 aromatic carbocycles. The van der Waals surface area contributed by atoms with E-state index in [0.717, 1.165) is 39.5 Å². The van der Waals surface area contributed by atoms with Crippen LogP contribution in [-0.4, -0.2) is 37.3 Å². The molecule has 138 valence electrons. The van der Waals surface area contributed by atoms with E-state index in [9.17, 15) is 19.7 Å². The summed E-state index contributed by atoms with van der Waals surface area (Å²) >= 11 is 0. The highest BCUT2D eigenvalue weighted by Crippen LogP contribution is 2.15. The summed E-state index contributed by atoms with van der Waals surface area (Å²) in [6.07, 6.45) is 1.06. The summed E-state index contributed by atoms with van der Waals surface area (Å²) in [6.45, 7) is 1.73. The number of likely N-dealkylation sites (N-methyl/N-ethyl adjacent to an activating group) is 1. The van der Waals surface area contributed by atoms with E-state index in [1.54, 1.807) is 7.05 Å². The number of aryl methyl sites for hydroxylation is 1. The minimum atomic E-state index is -0.615. The van der Waals surface area contributed by atoms with Crippen molar-refractivity contribution in [1.29, 1.82) is 0 Å². The number of carbonyl (C=O) groups excluding carboxylic acids is 1. The lowest BCUT2D eigenvalue weighted by Crippen LogP contribution is -2.33. The molecular weight excluding hydrogens is 350 g/mol. The van der Waals surface area contributed by atoms with Gasteiger partial charge in [-0.05, 0) is 13.0 Å². The van der Waals surface area contributed by atoms with Crippen LogP contribution >= 0.6 is 0 Å². The lowest BCUT2D eigenvalue weighted by molar-refractivity contribution is -0.385. The number of pyridine rings is 1. The van der Waals surface area contributed by atoms with Crippen LogP contribution in [0.4, 0.5) is 5.69 Å². The molecule has 3 rings (SSSR count). The molecule has 27 heavy (non-hydrogen) atoms. The highest BCUT2D eigenvalue weighted by molar-refractivity contribution is 5.80. The number of hydrogen-bond acceptors (Lipinski definition) is 6. The van der Waals surface area contributed by atoms with Gasteiger partial charge in [0.2, 0.25) is 5.91 Å². The maximum Gasteiger partial charge on any atom is 0.285 e. The second kappa shape index (κ2) is 7.32. The molecule has 0 aliphatic carbocycles. The van der Waals surface area contributed by atoms with E-state index >= 15 is 0 Å². The van der Waals surface area contributed by atoms with E-state index in [1.165, 1.54) is 4.90 Å². The molecule has 0 radical (unpaired) electrons. The summed E-state index contributed by atoms with van der Waals surface area (Å²) in [5.74, 6) is 0.0976. The van der Waals surface area contributed by atoms with E-state index < -0.39 is 10.5 Å². The molecular formula is C18H17N5O4. The minimum absolute atomic E-state index is 0.161. The van der Waals surface area contributed by atoms with Crippen LogP contribution in [0.25, 0.3) is 10.9 Å². The van der Waals surface area contributed by atoms with Gasteiger partial charge in [-0.2, -0.15) is 0 Å². The average Bonchev–Trinajstić information content (AvgIpc) is 2.63. The number of para-hydroxylation sites is 1. The van der Waals surface area contributed by atoms with Crippen LogP contribution in [0.1, 0.15) is 11.5 Å². The Labute approximate surface area is 154 Å². The summed E-state index contributed by atoms with van der Waals surface area (Å²) in [6, 6.07) is 9.77. The number of hydrogen-bond donors (Lipinski definition) is 0. The van der Waals surface area contributed by atoms with Gasteiger partial charge in [-0.25, -0.2) is 9.97 Å². The molecule has 3 aromatic rings. The summed E-state index contributed by atoms with van der Waals surface area (Å²) in [5, 5.41) is 11.8. The predicted octanol–water partition coefficient (Wildman–Crippen LogP) is 1.67. The summed E-state index contributed by atoms with van der Waals surface area (Å²) in [7, 11) is 1.57. The molecule has 2 aromatic heterocycles. The van der Waals surface area contributed by atoms with Gasteiger partial charge >= 0.3 is 0 Å². The molecule has 0 atom stereocenters. The van der Waals surface area contributed by atoms with Crippen LogP contribution in [0.2, 0.25) is 0 Å². The molecule has 0 unspecified atom stereocenters. The van der Waals surface area contributed by atoms with Gasteiger partial charge in [0.1, 0.15) is 12.4 Å². The molecule has 9 nitrogen and oxygen atoms in total. The van der Waals surface area contributed by atoms with Crippen LogP contribution in [0, 0.1) is 17.0 Å². The van der Waals surface area contributed by atoms with Gasteiger partial charge in [0.25, 0.3) is 11.2 Å². The van der Waals surface area contributed by atoms with Gasteiger partial charge in [-0.1, -0.05) is 18.2 Å². The van der Waals surface area contributed by atoms with Crippen LogP contribution < -0.4 is 5.56 Å². The van der Waals surface area contributed by atoms with Crippen molar-refractivity contribution in [3.05, 3.63) is 74.6 Å². The van der Waals surface area contributed by atoms with Gasteiger partial charge in [0, 0.05) is 30.3 Å². The molecule has 0 aliphatic rings. The van der Waals surface area contributed by atoms with E-state index in [1.807, 2.05) is 31.2 Å². The third kappa shape index (κ3) is 3.97. The minimum Gasteiger partial charge on any atom is -0.337 e. The third-order valence-corrected chi connectivity index (χ3v) is 4.13. The lowest BCUT2D eigenvalue weighted by atomic mass is 10.2. The number of fused-ring (bicyclic) bond motifs is 1. The monoisotopic (exact) mass is 367 g/mol. The van der Waals surface area contributed by atoms with Gasteiger partial charge in [0.15, 0.2) is 0 Å². The fraction of sp³-hybridized carbons (Fsp3) is 0.222. The van der Waals surface area contributed by atoms with Crippen molar-refractivity contribution in [3.8, 4) is 0 Å². The number of rotatable bonds is 5. The predicted molar refractivity (Wildman–Crippen MR) is 98.1 cm³/mol. The fourth-order valence-electron chi connectivity index (χ4n) is 2.68. The number of carbonyl (C=O) groups is 1. The molecule has 0 bridgehead atoms. The lowest BCUT2D eigenvalue weighted by Gasteiger charge is -2.17. The average molecular weight is 367 g/mol. The Kier molecular flexibility index (Phi) is 4.93. The Morgan fingerprint density at radius 3 is 2.70 bits per heavy atom. The van der Waals surface area contributed by atoms with Crippen molar-refractivity contribution in [1.82, 2.24) is 19.4 Å². The highest BCUT2D eigenvalue weighted by Gasteiger charge is 2.15. The number of nitrogens with zero attached hydrogens (tertiary/aromatic N) is 5. The Hall–Kier alpha value is -3.62. The smallest absolute Gasteiger partial charge is 0.285 e. The van der Waals surface area contributed by atoms with Crippen LogP contribution in [0.3, 0.4) is 0 Å². The molecule has 0 fully saturated rings. The van der Waals surface area contributed by atoms with Crippen molar-refractivity contribution < 1.29 is 9.72 Å². The first kappa shape index (κ1) is 18.2. The van der Waals surface area contributed by atoms with Crippen molar-refractivity contribution in [2.75, 3.05) is 7.05 Å². The van der Waals surface area contributed by atoms with E-state index in [0.29, 0.717) is 5.82 Å². The fourth-order valence-corrected chi connectivity index (χ4v) is 2.68.